The van der Waals surface area contributed by atoms with Crippen LogP contribution in [0.4, 0.5) is 13.2 Å². The van der Waals surface area contributed by atoms with Crippen molar-refractivity contribution in [2.45, 2.75) is 19.6 Å². The summed E-state index contributed by atoms with van der Waals surface area (Å²) < 4.78 is 44.0. The number of alkyl halides is 3. The predicted molar refractivity (Wildman–Crippen MR) is 69.3 cm³/mol. The first-order valence-corrected chi connectivity index (χ1v) is 6.05. The van der Waals surface area contributed by atoms with Crippen LogP contribution in [0, 0.1) is 0 Å². The highest BCUT2D eigenvalue weighted by Crippen LogP contribution is 2.37. The van der Waals surface area contributed by atoms with Crippen molar-refractivity contribution in [3.8, 4) is 5.75 Å². The van der Waals surface area contributed by atoms with Crippen molar-refractivity contribution in [3.63, 3.8) is 0 Å². The minimum Gasteiger partial charge on any atom is -0.489 e. The summed E-state index contributed by atoms with van der Waals surface area (Å²) in [4.78, 5) is 0. The van der Waals surface area contributed by atoms with Gasteiger partial charge in [0.1, 0.15) is 12.4 Å². The third kappa shape index (κ3) is 4.76. The second-order valence-corrected chi connectivity index (χ2v) is 4.32. The molecule has 0 aliphatic heterocycles. The number of hydrogen-bond acceptors (Lipinski definition) is 2. The maximum Gasteiger partial charge on any atom is 0.419 e. The van der Waals surface area contributed by atoms with Gasteiger partial charge in [0.15, 0.2) is 0 Å². The molecule has 0 aliphatic rings. The third-order valence-corrected chi connectivity index (χ3v) is 2.74. The number of nitrogens with one attached hydrogen (secondary N) is 1. The molecule has 1 N–H and O–H groups in total. The molecule has 0 saturated heterocycles. The fourth-order valence-electron chi connectivity index (χ4n) is 1.46. The summed E-state index contributed by atoms with van der Waals surface area (Å²) in [5.74, 6) is -0.190. The van der Waals surface area contributed by atoms with Gasteiger partial charge < -0.3 is 10.1 Å². The maximum absolute atomic E-state index is 12.9. The van der Waals surface area contributed by atoms with Crippen LogP contribution >= 0.6 is 11.6 Å². The Morgan fingerprint density at radius 2 is 2.11 bits per heavy atom. The van der Waals surface area contributed by atoms with Gasteiger partial charge in [0.25, 0.3) is 0 Å². The lowest BCUT2D eigenvalue weighted by Crippen LogP contribution is -2.12. The highest BCUT2D eigenvalue weighted by molar-refractivity contribution is 6.25. The molecule has 0 aromatic heterocycles. The van der Waals surface area contributed by atoms with Crippen LogP contribution in [0.1, 0.15) is 18.1 Å². The molecular formula is C13H15ClF3NO. The van der Waals surface area contributed by atoms with Gasteiger partial charge in [0.05, 0.1) is 5.56 Å². The zero-order chi connectivity index (χ0) is 14.5. The summed E-state index contributed by atoms with van der Waals surface area (Å²) in [5.41, 5.74) is 1.70. The third-order valence-electron chi connectivity index (χ3n) is 2.37. The Kier molecular flexibility index (Phi) is 5.69. The van der Waals surface area contributed by atoms with Gasteiger partial charge in [-0.05, 0) is 37.2 Å². The summed E-state index contributed by atoms with van der Waals surface area (Å²) in [7, 11) is 1.67. The average molecular weight is 294 g/mol. The zero-order valence-corrected chi connectivity index (χ0v) is 11.4. The fourth-order valence-corrected chi connectivity index (χ4v) is 1.52. The van der Waals surface area contributed by atoms with E-state index in [1.54, 1.807) is 20.0 Å². The molecule has 0 saturated carbocycles. The van der Waals surface area contributed by atoms with Crippen LogP contribution in [0.15, 0.2) is 29.3 Å². The van der Waals surface area contributed by atoms with Crippen LogP contribution in [0.2, 0.25) is 0 Å². The topological polar surface area (TPSA) is 21.3 Å². The van der Waals surface area contributed by atoms with Crippen molar-refractivity contribution in [1.29, 1.82) is 0 Å². The van der Waals surface area contributed by atoms with Crippen LogP contribution < -0.4 is 10.1 Å². The Hall–Kier alpha value is -1.20. The molecule has 0 aliphatic carbocycles. The monoisotopic (exact) mass is 293 g/mol. The molecule has 0 radical (unpaired) electrons. The second kappa shape index (κ2) is 6.82. The van der Waals surface area contributed by atoms with E-state index < -0.39 is 11.7 Å². The van der Waals surface area contributed by atoms with Crippen LogP contribution in [-0.4, -0.2) is 13.7 Å². The van der Waals surface area contributed by atoms with E-state index in [0.717, 1.165) is 6.07 Å². The molecule has 19 heavy (non-hydrogen) atoms. The van der Waals surface area contributed by atoms with Crippen LogP contribution in [0.3, 0.4) is 0 Å². The lowest BCUT2D eigenvalue weighted by atomic mass is 10.1. The number of hydrogen-bond donors (Lipinski definition) is 1. The fraction of sp³-hybridized carbons (Fsp3) is 0.385. The zero-order valence-electron chi connectivity index (χ0n) is 10.6. The van der Waals surface area contributed by atoms with Crippen molar-refractivity contribution < 1.29 is 17.9 Å². The molecule has 1 aromatic rings. The Bertz CT molecular complexity index is 458. The Morgan fingerprint density at radius 1 is 1.42 bits per heavy atom. The molecule has 0 heterocycles. The molecule has 6 heteroatoms. The van der Waals surface area contributed by atoms with Gasteiger partial charge in [-0.1, -0.05) is 17.7 Å². The molecule has 0 fully saturated rings. The van der Waals surface area contributed by atoms with Gasteiger partial charge in [-0.25, -0.2) is 0 Å². The number of benzene rings is 1. The first kappa shape index (κ1) is 15.9. The quantitative estimate of drug-likeness (QED) is 0.887. The van der Waals surface area contributed by atoms with E-state index in [1.165, 1.54) is 11.6 Å². The van der Waals surface area contributed by atoms with Crippen LogP contribution in [0.5, 0.6) is 5.75 Å². The summed E-state index contributed by atoms with van der Waals surface area (Å²) in [6.07, 6.45) is -4.45. The number of rotatable bonds is 5. The van der Waals surface area contributed by atoms with Gasteiger partial charge in [-0.15, -0.1) is 0 Å². The van der Waals surface area contributed by atoms with E-state index in [-0.39, 0.29) is 12.4 Å². The molecule has 0 bridgehead atoms. The number of ether oxygens (including phenoxy) is 1. The van der Waals surface area contributed by atoms with Crippen molar-refractivity contribution in [2.24, 2.45) is 0 Å². The predicted octanol–water partition coefficient (Wildman–Crippen LogP) is 3.95. The van der Waals surface area contributed by atoms with E-state index >= 15 is 0 Å². The first-order valence-electron chi connectivity index (χ1n) is 5.62. The van der Waals surface area contributed by atoms with Gasteiger partial charge >= 0.3 is 6.18 Å². The van der Waals surface area contributed by atoms with Gasteiger partial charge in [0.2, 0.25) is 0 Å². The summed E-state index contributed by atoms with van der Waals surface area (Å²) >= 11 is 5.44. The van der Waals surface area contributed by atoms with E-state index in [9.17, 15) is 13.2 Å². The number of halogens is 4. The molecule has 0 amide bonds. The second-order valence-electron chi connectivity index (χ2n) is 4.10. The van der Waals surface area contributed by atoms with Gasteiger partial charge in [-0.2, -0.15) is 13.2 Å². The van der Waals surface area contributed by atoms with E-state index in [1.807, 2.05) is 0 Å². The normalized spacial score (nSPS) is 12.6. The Balaban J connectivity index is 3.02. The summed E-state index contributed by atoms with van der Waals surface area (Å²) in [6, 6.07) is 4.02. The van der Waals surface area contributed by atoms with E-state index in [4.69, 9.17) is 16.3 Å². The summed E-state index contributed by atoms with van der Waals surface area (Å²) in [5, 5.41) is 2.81. The lowest BCUT2D eigenvalue weighted by molar-refractivity contribution is -0.138. The SMILES string of the molecule is CNCc1ccc(OC/C(C)=C/Cl)c(C(F)(F)F)c1. The van der Waals surface area contributed by atoms with E-state index in [0.29, 0.717) is 17.7 Å². The molecular weight excluding hydrogens is 279 g/mol. The minimum absolute atomic E-state index is 0.0257. The lowest BCUT2D eigenvalue weighted by Gasteiger charge is -2.15. The molecule has 106 valence electrons. The molecule has 0 spiro atoms. The van der Waals surface area contributed by atoms with Gasteiger partial charge in [0, 0.05) is 12.1 Å². The Morgan fingerprint density at radius 3 is 2.63 bits per heavy atom. The largest absolute Gasteiger partial charge is 0.489 e. The van der Waals surface area contributed by atoms with Crippen molar-refractivity contribution >= 4 is 11.6 Å². The van der Waals surface area contributed by atoms with Crippen LogP contribution in [-0.2, 0) is 12.7 Å². The standard InChI is InChI=1S/C13H15ClF3NO/c1-9(6-14)8-19-12-4-3-10(7-18-2)5-11(12)13(15,16)17/h3-6,18H,7-8H2,1-2H3/b9-6+. The van der Waals surface area contributed by atoms with Crippen molar-refractivity contribution in [2.75, 3.05) is 13.7 Å². The minimum atomic E-state index is -4.45. The highest BCUT2D eigenvalue weighted by Gasteiger charge is 2.34. The molecule has 0 unspecified atom stereocenters. The molecule has 1 aromatic carbocycles. The van der Waals surface area contributed by atoms with E-state index in [2.05, 4.69) is 5.32 Å². The van der Waals surface area contributed by atoms with Crippen molar-refractivity contribution in [3.05, 3.63) is 40.4 Å². The molecule has 1 rings (SSSR count). The smallest absolute Gasteiger partial charge is 0.419 e. The van der Waals surface area contributed by atoms with Crippen molar-refractivity contribution in [1.82, 2.24) is 5.32 Å². The molecule has 0 atom stereocenters. The Labute approximate surface area is 115 Å². The van der Waals surface area contributed by atoms with Crippen LogP contribution in [0.25, 0.3) is 0 Å². The average Bonchev–Trinajstić information content (AvgIpc) is 2.36. The van der Waals surface area contributed by atoms with Gasteiger partial charge in [-0.3, -0.25) is 0 Å². The first-order chi connectivity index (χ1) is 8.88. The highest BCUT2D eigenvalue weighted by atomic mass is 35.5. The summed E-state index contributed by atoms with van der Waals surface area (Å²) in [6.45, 7) is 2.07. The maximum atomic E-state index is 12.9. The molecule has 2 nitrogen and oxygen atoms in total.